The Labute approximate surface area is 129 Å². The van der Waals surface area contributed by atoms with Crippen LogP contribution in [0.3, 0.4) is 0 Å². The molecule has 0 spiro atoms. The lowest BCUT2D eigenvalue weighted by molar-refractivity contribution is 0.615. The van der Waals surface area contributed by atoms with Gasteiger partial charge < -0.3 is 5.32 Å². The van der Waals surface area contributed by atoms with Gasteiger partial charge in [-0.1, -0.05) is 18.2 Å². The van der Waals surface area contributed by atoms with E-state index in [0.29, 0.717) is 12.1 Å². The molecule has 0 radical (unpaired) electrons. The summed E-state index contributed by atoms with van der Waals surface area (Å²) in [6, 6.07) is 8.29. The molecule has 0 saturated carbocycles. The molecule has 0 atom stereocenters. The fourth-order valence-electron chi connectivity index (χ4n) is 2.82. The van der Waals surface area contributed by atoms with Gasteiger partial charge in [0.15, 0.2) is 0 Å². The lowest BCUT2D eigenvalue weighted by atomic mass is 9.98. The lowest BCUT2D eigenvalue weighted by Gasteiger charge is -2.18. The third-order valence-corrected chi connectivity index (χ3v) is 4.24. The van der Waals surface area contributed by atoms with Gasteiger partial charge in [-0.25, -0.2) is 4.68 Å². The van der Waals surface area contributed by atoms with E-state index in [1.807, 2.05) is 19.1 Å². The summed E-state index contributed by atoms with van der Waals surface area (Å²) < 4.78 is 1.39. The molecule has 1 aliphatic heterocycles. The van der Waals surface area contributed by atoms with Crippen LogP contribution >= 0.6 is 0 Å². The summed E-state index contributed by atoms with van der Waals surface area (Å²) in [6.45, 7) is 5.85. The summed E-state index contributed by atoms with van der Waals surface area (Å²) in [7, 11) is 0. The molecule has 0 saturated heterocycles. The maximum absolute atomic E-state index is 12.3. The van der Waals surface area contributed by atoms with E-state index >= 15 is 0 Å². The number of hydrogen-bond acceptors (Lipinski definition) is 4. The molecule has 112 valence electrons. The minimum absolute atomic E-state index is 0.187. The van der Waals surface area contributed by atoms with Gasteiger partial charge in [0, 0.05) is 6.54 Å². The quantitative estimate of drug-likeness (QED) is 0.909. The smallest absolute Gasteiger partial charge is 0.285 e. The zero-order valence-electron chi connectivity index (χ0n) is 12.8. The molecule has 1 N–H and O–H groups in total. The van der Waals surface area contributed by atoms with E-state index in [1.165, 1.54) is 15.8 Å². The van der Waals surface area contributed by atoms with Crippen LogP contribution < -0.4 is 10.9 Å². The summed E-state index contributed by atoms with van der Waals surface area (Å²) in [5.41, 5.74) is 4.92. The predicted octanol–water partition coefficient (Wildman–Crippen LogP) is 1.43. The van der Waals surface area contributed by atoms with Crippen LogP contribution in [0.15, 0.2) is 23.0 Å². The van der Waals surface area contributed by atoms with Crippen LogP contribution in [0.2, 0.25) is 0 Å². The Morgan fingerprint density at radius 3 is 2.95 bits per heavy atom. The van der Waals surface area contributed by atoms with E-state index in [1.54, 1.807) is 6.92 Å². The van der Waals surface area contributed by atoms with Gasteiger partial charge in [0.05, 0.1) is 12.2 Å². The monoisotopic (exact) mass is 294 g/mol. The molecule has 22 heavy (non-hydrogen) atoms. The largest absolute Gasteiger partial charge is 0.312 e. The van der Waals surface area contributed by atoms with Gasteiger partial charge >= 0.3 is 0 Å². The molecule has 2 heterocycles. The number of nitrogens with zero attached hydrogens (tertiary/aromatic N) is 3. The Hall–Kier alpha value is -2.45. The first kappa shape index (κ1) is 14.5. The van der Waals surface area contributed by atoms with Gasteiger partial charge in [-0.05, 0) is 49.1 Å². The molecule has 0 bridgehead atoms. The van der Waals surface area contributed by atoms with Crippen LogP contribution in [0.4, 0.5) is 0 Å². The van der Waals surface area contributed by atoms with Crippen molar-refractivity contribution in [1.82, 2.24) is 15.1 Å². The van der Waals surface area contributed by atoms with Gasteiger partial charge in [-0.3, -0.25) is 4.79 Å². The third kappa shape index (κ3) is 2.53. The Bertz CT molecular complexity index is 830. The average Bonchev–Trinajstić information content (AvgIpc) is 2.53. The molecule has 3 rings (SSSR count). The van der Waals surface area contributed by atoms with Crippen LogP contribution in [-0.2, 0) is 19.5 Å². The number of hydrogen-bond donors (Lipinski definition) is 1. The first-order valence-electron chi connectivity index (χ1n) is 7.40. The first-order chi connectivity index (χ1) is 10.6. The van der Waals surface area contributed by atoms with Crippen LogP contribution in [0.5, 0.6) is 0 Å². The SMILES string of the molecule is Cc1nn(Cc2ccc3c(c2)CNCC3)c(=O)c(C#N)c1C. The number of aromatic nitrogens is 2. The molecule has 2 aromatic rings. The number of fused-ring (bicyclic) bond motifs is 1. The topological polar surface area (TPSA) is 70.7 Å². The van der Waals surface area contributed by atoms with Gasteiger partial charge in [0.1, 0.15) is 11.6 Å². The van der Waals surface area contributed by atoms with Crippen molar-refractivity contribution in [2.45, 2.75) is 33.4 Å². The van der Waals surface area contributed by atoms with E-state index in [2.05, 4.69) is 22.5 Å². The fourth-order valence-corrected chi connectivity index (χ4v) is 2.82. The van der Waals surface area contributed by atoms with Gasteiger partial charge in [-0.15, -0.1) is 0 Å². The zero-order chi connectivity index (χ0) is 15.7. The van der Waals surface area contributed by atoms with Crippen molar-refractivity contribution in [3.8, 4) is 6.07 Å². The molecule has 1 aliphatic rings. The summed E-state index contributed by atoms with van der Waals surface area (Å²) in [6.07, 6.45) is 1.04. The number of benzene rings is 1. The summed E-state index contributed by atoms with van der Waals surface area (Å²) in [5.74, 6) is 0. The van der Waals surface area contributed by atoms with Crippen molar-refractivity contribution < 1.29 is 0 Å². The second kappa shape index (κ2) is 5.74. The molecule has 1 aromatic carbocycles. The van der Waals surface area contributed by atoms with Crippen molar-refractivity contribution in [1.29, 1.82) is 5.26 Å². The second-order valence-corrected chi connectivity index (χ2v) is 5.69. The van der Waals surface area contributed by atoms with E-state index < -0.39 is 0 Å². The molecular weight excluding hydrogens is 276 g/mol. The maximum Gasteiger partial charge on any atom is 0.285 e. The van der Waals surface area contributed by atoms with Gasteiger partial charge in [-0.2, -0.15) is 10.4 Å². The zero-order valence-corrected chi connectivity index (χ0v) is 12.8. The van der Waals surface area contributed by atoms with Crippen LogP contribution in [-0.4, -0.2) is 16.3 Å². The van der Waals surface area contributed by atoms with Crippen molar-refractivity contribution in [2.75, 3.05) is 6.54 Å². The highest BCUT2D eigenvalue weighted by Gasteiger charge is 2.13. The molecule has 5 heteroatoms. The summed E-state index contributed by atoms with van der Waals surface area (Å²) in [5, 5.41) is 16.8. The predicted molar refractivity (Wildman–Crippen MR) is 83.6 cm³/mol. The van der Waals surface area contributed by atoms with E-state index in [0.717, 1.165) is 30.8 Å². The van der Waals surface area contributed by atoms with Crippen molar-refractivity contribution in [2.24, 2.45) is 0 Å². The lowest BCUT2D eigenvalue weighted by Crippen LogP contribution is -2.28. The Morgan fingerprint density at radius 2 is 2.18 bits per heavy atom. The van der Waals surface area contributed by atoms with Crippen molar-refractivity contribution in [3.05, 3.63) is 62.1 Å². The Kier molecular flexibility index (Phi) is 3.78. The second-order valence-electron chi connectivity index (χ2n) is 5.69. The number of nitrogens with one attached hydrogen (secondary N) is 1. The van der Waals surface area contributed by atoms with Crippen LogP contribution in [0.25, 0.3) is 0 Å². The molecule has 0 unspecified atom stereocenters. The third-order valence-electron chi connectivity index (χ3n) is 4.24. The maximum atomic E-state index is 12.3. The van der Waals surface area contributed by atoms with E-state index in [-0.39, 0.29) is 11.1 Å². The number of nitriles is 1. The van der Waals surface area contributed by atoms with Gasteiger partial charge in [0.2, 0.25) is 0 Å². The summed E-state index contributed by atoms with van der Waals surface area (Å²) >= 11 is 0. The molecular formula is C17H18N4O. The van der Waals surface area contributed by atoms with Crippen molar-refractivity contribution >= 4 is 0 Å². The average molecular weight is 294 g/mol. The van der Waals surface area contributed by atoms with Gasteiger partial charge in [0.25, 0.3) is 5.56 Å². The standard InChI is InChI=1S/C17H18N4O/c1-11-12(2)20-21(17(22)16(11)8-18)10-13-3-4-14-5-6-19-9-15(14)7-13/h3-4,7,19H,5-6,9-10H2,1-2H3. The fraction of sp³-hybridized carbons (Fsp3) is 0.353. The normalized spacial score (nSPS) is 13.5. The number of rotatable bonds is 2. The Balaban J connectivity index is 1.99. The molecule has 5 nitrogen and oxygen atoms in total. The van der Waals surface area contributed by atoms with E-state index in [9.17, 15) is 10.1 Å². The molecule has 0 aliphatic carbocycles. The molecule has 1 aromatic heterocycles. The Morgan fingerprint density at radius 1 is 1.36 bits per heavy atom. The van der Waals surface area contributed by atoms with Crippen LogP contribution in [0.1, 0.15) is 33.5 Å². The molecule has 0 fully saturated rings. The summed E-state index contributed by atoms with van der Waals surface area (Å²) in [4.78, 5) is 12.3. The van der Waals surface area contributed by atoms with Crippen molar-refractivity contribution in [3.63, 3.8) is 0 Å². The highest BCUT2D eigenvalue weighted by atomic mass is 16.1. The van der Waals surface area contributed by atoms with Crippen LogP contribution in [0, 0.1) is 25.2 Å². The highest BCUT2D eigenvalue weighted by Crippen LogP contribution is 2.16. The minimum atomic E-state index is -0.318. The first-order valence-corrected chi connectivity index (χ1v) is 7.40. The highest BCUT2D eigenvalue weighted by molar-refractivity contribution is 5.37. The van der Waals surface area contributed by atoms with E-state index in [4.69, 9.17) is 0 Å². The number of aryl methyl sites for hydroxylation is 1. The molecule has 0 amide bonds. The minimum Gasteiger partial charge on any atom is -0.312 e.